The number of nitrogens with one attached hydrogen (secondary N) is 1. The predicted octanol–water partition coefficient (Wildman–Crippen LogP) is 2.54. The van der Waals surface area contributed by atoms with Gasteiger partial charge in [0.15, 0.2) is 0 Å². The monoisotopic (exact) mass is 233 g/mol. The Labute approximate surface area is 99.5 Å². The molecule has 4 heteroatoms. The summed E-state index contributed by atoms with van der Waals surface area (Å²) < 4.78 is 4.97. The van der Waals surface area contributed by atoms with E-state index in [0.29, 0.717) is 6.54 Å². The Balaban J connectivity index is 2.01. The van der Waals surface area contributed by atoms with Gasteiger partial charge in [0, 0.05) is 24.2 Å². The molecule has 90 valence electrons. The molecule has 0 aliphatic carbocycles. The second-order valence-corrected chi connectivity index (χ2v) is 4.02. The molecule has 0 spiro atoms. The zero-order valence-electron chi connectivity index (χ0n) is 9.55. The maximum atomic E-state index is 9.39. The molecule has 1 heterocycles. The first-order valence-corrected chi connectivity index (χ1v) is 5.42. The molecule has 0 saturated heterocycles. The van der Waals surface area contributed by atoms with Gasteiger partial charge in [-0.05, 0) is 30.7 Å². The molecule has 1 unspecified atom stereocenters. The first-order chi connectivity index (χ1) is 8.15. The Bertz CT molecular complexity index is 459. The van der Waals surface area contributed by atoms with Crippen LogP contribution in [-0.2, 0) is 6.54 Å². The molecular formula is C13H15NO3. The molecule has 2 rings (SSSR count). The van der Waals surface area contributed by atoms with Crippen molar-refractivity contribution in [2.75, 3.05) is 0 Å². The lowest BCUT2D eigenvalue weighted by molar-refractivity contribution is 0.446. The van der Waals surface area contributed by atoms with E-state index in [1.165, 1.54) is 6.07 Å². The second kappa shape index (κ2) is 4.93. The van der Waals surface area contributed by atoms with E-state index in [1.807, 2.05) is 13.0 Å². The fourth-order valence-corrected chi connectivity index (χ4v) is 1.65. The normalized spacial score (nSPS) is 12.5. The van der Waals surface area contributed by atoms with Crippen molar-refractivity contribution in [2.24, 2.45) is 0 Å². The number of hydrogen-bond donors (Lipinski definition) is 3. The topological polar surface area (TPSA) is 65.6 Å². The number of furan rings is 1. The maximum absolute atomic E-state index is 9.39. The Hall–Kier alpha value is -1.94. The van der Waals surface area contributed by atoms with Gasteiger partial charge in [0.2, 0.25) is 0 Å². The highest BCUT2D eigenvalue weighted by atomic mass is 16.3. The Morgan fingerprint density at radius 2 is 1.94 bits per heavy atom. The number of benzene rings is 1. The number of phenolic OH excluding ortho intramolecular Hbond substituents is 2. The third-order valence-corrected chi connectivity index (χ3v) is 2.62. The molecule has 0 amide bonds. The van der Waals surface area contributed by atoms with Crippen LogP contribution in [0.25, 0.3) is 0 Å². The predicted molar refractivity (Wildman–Crippen MR) is 63.7 cm³/mol. The molecule has 0 aliphatic rings. The second-order valence-electron chi connectivity index (χ2n) is 4.02. The average molecular weight is 233 g/mol. The lowest BCUT2D eigenvalue weighted by atomic mass is 10.1. The smallest absolute Gasteiger partial charge is 0.119 e. The SMILES string of the molecule is CC(NCc1ccoc1)c1cc(O)cc(O)c1. The lowest BCUT2D eigenvalue weighted by Gasteiger charge is -2.14. The number of hydrogen-bond acceptors (Lipinski definition) is 4. The van der Waals surface area contributed by atoms with Crippen molar-refractivity contribution in [3.05, 3.63) is 47.9 Å². The molecular weight excluding hydrogens is 218 g/mol. The van der Waals surface area contributed by atoms with Gasteiger partial charge in [-0.2, -0.15) is 0 Å². The summed E-state index contributed by atoms with van der Waals surface area (Å²) in [6.07, 6.45) is 3.31. The van der Waals surface area contributed by atoms with Gasteiger partial charge in [-0.1, -0.05) is 0 Å². The summed E-state index contributed by atoms with van der Waals surface area (Å²) in [5, 5.41) is 22.1. The summed E-state index contributed by atoms with van der Waals surface area (Å²) >= 11 is 0. The lowest BCUT2D eigenvalue weighted by Crippen LogP contribution is -2.17. The van der Waals surface area contributed by atoms with E-state index in [0.717, 1.165) is 11.1 Å². The zero-order valence-corrected chi connectivity index (χ0v) is 9.55. The van der Waals surface area contributed by atoms with Crippen LogP contribution in [-0.4, -0.2) is 10.2 Å². The number of rotatable bonds is 4. The summed E-state index contributed by atoms with van der Waals surface area (Å²) in [6.45, 7) is 2.64. The number of phenols is 2. The summed E-state index contributed by atoms with van der Waals surface area (Å²) in [4.78, 5) is 0. The largest absolute Gasteiger partial charge is 0.508 e. The van der Waals surface area contributed by atoms with Crippen LogP contribution in [0.3, 0.4) is 0 Å². The van der Waals surface area contributed by atoms with Crippen LogP contribution in [0.15, 0.2) is 41.2 Å². The Morgan fingerprint density at radius 1 is 1.24 bits per heavy atom. The van der Waals surface area contributed by atoms with Crippen LogP contribution >= 0.6 is 0 Å². The molecule has 0 aliphatic heterocycles. The molecule has 0 radical (unpaired) electrons. The van der Waals surface area contributed by atoms with Gasteiger partial charge in [-0.25, -0.2) is 0 Å². The molecule has 0 fully saturated rings. The van der Waals surface area contributed by atoms with Gasteiger partial charge < -0.3 is 19.9 Å². The van der Waals surface area contributed by atoms with Crippen molar-refractivity contribution in [3.8, 4) is 11.5 Å². The number of aromatic hydroxyl groups is 2. The molecule has 0 bridgehead atoms. The van der Waals surface area contributed by atoms with Gasteiger partial charge in [0.25, 0.3) is 0 Å². The van der Waals surface area contributed by atoms with Gasteiger partial charge in [-0.3, -0.25) is 0 Å². The van der Waals surface area contributed by atoms with E-state index in [2.05, 4.69) is 5.32 Å². The van der Waals surface area contributed by atoms with Gasteiger partial charge in [-0.15, -0.1) is 0 Å². The highest BCUT2D eigenvalue weighted by Crippen LogP contribution is 2.24. The third-order valence-electron chi connectivity index (χ3n) is 2.62. The van der Waals surface area contributed by atoms with Crippen LogP contribution in [0.5, 0.6) is 11.5 Å². The van der Waals surface area contributed by atoms with E-state index in [4.69, 9.17) is 4.42 Å². The van der Waals surface area contributed by atoms with Crippen molar-refractivity contribution in [3.63, 3.8) is 0 Å². The first-order valence-electron chi connectivity index (χ1n) is 5.42. The maximum Gasteiger partial charge on any atom is 0.119 e. The van der Waals surface area contributed by atoms with E-state index in [1.54, 1.807) is 24.7 Å². The molecule has 3 N–H and O–H groups in total. The van der Waals surface area contributed by atoms with Crippen molar-refractivity contribution < 1.29 is 14.6 Å². The van der Waals surface area contributed by atoms with Crippen LogP contribution in [0.4, 0.5) is 0 Å². The molecule has 1 aromatic carbocycles. The minimum Gasteiger partial charge on any atom is -0.508 e. The van der Waals surface area contributed by atoms with E-state index in [-0.39, 0.29) is 17.5 Å². The van der Waals surface area contributed by atoms with Gasteiger partial charge in [0.05, 0.1) is 12.5 Å². The van der Waals surface area contributed by atoms with E-state index in [9.17, 15) is 10.2 Å². The standard InChI is InChI=1S/C13H15NO3/c1-9(14-7-10-2-3-17-8-10)11-4-12(15)6-13(16)5-11/h2-6,8-9,14-16H,7H2,1H3. The summed E-state index contributed by atoms with van der Waals surface area (Å²) in [7, 11) is 0. The molecule has 1 aromatic heterocycles. The quantitative estimate of drug-likeness (QED) is 0.759. The van der Waals surface area contributed by atoms with Crippen molar-refractivity contribution in [1.29, 1.82) is 0 Å². The highest BCUT2D eigenvalue weighted by molar-refractivity contribution is 5.37. The molecule has 2 aromatic rings. The van der Waals surface area contributed by atoms with Crippen LogP contribution in [0.2, 0.25) is 0 Å². The highest BCUT2D eigenvalue weighted by Gasteiger charge is 2.07. The summed E-state index contributed by atoms with van der Waals surface area (Å²) in [5.74, 6) is 0.133. The molecule has 17 heavy (non-hydrogen) atoms. The van der Waals surface area contributed by atoms with Crippen LogP contribution < -0.4 is 5.32 Å². The van der Waals surface area contributed by atoms with Crippen molar-refractivity contribution in [2.45, 2.75) is 19.5 Å². The van der Waals surface area contributed by atoms with E-state index >= 15 is 0 Å². The summed E-state index contributed by atoms with van der Waals surface area (Å²) in [6, 6.07) is 6.49. The molecule has 0 saturated carbocycles. The van der Waals surface area contributed by atoms with E-state index < -0.39 is 0 Å². The Morgan fingerprint density at radius 3 is 2.53 bits per heavy atom. The minimum atomic E-state index is 0.0305. The van der Waals surface area contributed by atoms with Gasteiger partial charge >= 0.3 is 0 Å². The molecule has 1 atom stereocenters. The van der Waals surface area contributed by atoms with Crippen molar-refractivity contribution in [1.82, 2.24) is 5.32 Å². The summed E-state index contributed by atoms with van der Waals surface area (Å²) in [5.41, 5.74) is 1.90. The third kappa shape index (κ3) is 3.01. The minimum absolute atomic E-state index is 0.0305. The zero-order chi connectivity index (χ0) is 12.3. The van der Waals surface area contributed by atoms with Crippen LogP contribution in [0.1, 0.15) is 24.1 Å². The fraction of sp³-hybridized carbons (Fsp3) is 0.231. The van der Waals surface area contributed by atoms with Crippen molar-refractivity contribution >= 4 is 0 Å². The van der Waals surface area contributed by atoms with Gasteiger partial charge in [0.1, 0.15) is 11.5 Å². The first kappa shape index (κ1) is 11.5. The molecule has 4 nitrogen and oxygen atoms in total. The Kier molecular flexibility index (Phi) is 3.35. The fourth-order valence-electron chi connectivity index (χ4n) is 1.65. The average Bonchev–Trinajstić information content (AvgIpc) is 2.77. The van der Waals surface area contributed by atoms with Crippen LogP contribution in [0, 0.1) is 0 Å².